The average Bonchev–Trinajstić information content (AvgIpc) is 3.53. The molecule has 0 radical (unpaired) electrons. The second-order valence-corrected chi connectivity index (χ2v) is 14.5. The molecule has 0 aliphatic heterocycles. The van der Waals surface area contributed by atoms with Crippen molar-refractivity contribution in [1.29, 1.82) is 0 Å². The molecule has 0 saturated heterocycles. The molecule has 0 unspecified atom stereocenters. The average molecular weight is 816 g/mol. The van der Waals surface area contributed by atoms with Crippen molar-refractivity contribution in [1.82, 2.24) is 0 Å². The van der Waals surface area contributed by atoms with E-state index in [-0.39, 0.29) is 98.3 Å². The highest BCUT2D eigenvalue weighted by Gasteiger charge is 2.62. The molecule has 2 aliphatic rings. The zero-order valence-corrected chi connectivity index (χ0v) is 31.4. The van der Waals surface area contributed by atoms with Gasteiger partial charge in [-0.15, -0.1) is 0 Å². The Kier molecular flexibility index (Phi) is 12.1. The van der Waals surface area contributed by atoms with Crippen LogP contribution < -0.4 is 9.47 Å². The molecule has 0 saturated carbocycles. The lowest BCUT2D eigenvalue weighted by atomic mass is 9.90. The smallest absolute Gasteiger partial charge is 0.425 e. The Balaban J connectivity index is 0.000000211. The third kappa shape index (κ3) is 8.27. The molecule has 15 heteroatoms. The summed E-state index contributed by atoms with van der Waals surface area (Å²) in [5, 5.41) is 31.2. The van der Waals surface area contributed by atoms with Gasteiger partial charge >= 0.3 is 18.3 Å². The number of rotatable bonds is 11. The van der Waals surface area contributed by atoms with Crippen LogP contribution >= 0.6 is 23.2 Å². The van der Waals surface area contributed by atoms with Gasteiger partial charge in [0.05, 0.1) is 35.5 Å². The molecular formula is C40H38Cl2F6O7. The molecule has 7 nitrogen and oxygen atoms in total. The van der Waals surface area contributed by atoms with E-state index in [1.807, 2.05) is 0 Å². The monoisotopic (exact) mass is 814 g/mol. The van der Waals surface area contributed by atoms with Crippen molar-refractivity contribution in [2.24, 2.45) is 0 Å². The Hall–Kier alpha value is -4.01. The molecule has 0 heterocycles. The van der Waals surface area contributed by atoms with Crippen LogP contribution in [0.25, 0.3) is 22.3 Å². The van der Waals surface area contributed by atoms with Gasteiger partial charge in [-0.05, 0) is 75.4 Å². The maximum absolute atomic E-state index is 13.8. The van der Waals surface area contributed by atoms with E-state index in [1.54, 1.807) is 32.9 Å². The number of hydrogen-bond donors (Lipinski definition) is 3. The molecule has 0 aromatic heterocycles. The Bertz CT molecular complexity index is 2050. The number of carbonyl (C=O) groups excluding carboxylic acids is 1. The number of alkyl halides is 6. The second kappa shape index (κ2) is 15.9. The summed E-state index contributed by atoms with van der Waals surface area (Å²) >= 11 is 12.5. The minimum Gasteiger partial charge on any atom is -0.494 e. The van der Waals surface area contributed by atoms with Crippen molar-refractivity contribution in [3.8, 4) is 33.8 Å². The summed E-state index contributed by atoms with van der Waals surface area (Å²) < 4.78 is 98.9. The molecular weight excluding hydrogens is 777 g/mol. The Morgan fingerprint density at radius 1 is 0.691 bits per heavy atom. The fraction of sp³-hybridized carbons (Fsp3) is 0.375. The fourth-order valence-electron chi connectivity index (χ4n) is 6.72. The molecule has 0 spiro atoms. The number of hydrogen-bond acceptors (Lipinski definition) is 7. The molecule has 0 bridgehead atoms. The summed E-state index contributed by atoms with van der Waals surface area (Å²) in [5.41, 5.74) is -7.59. The lowest BCUT2D eigenvalue weighted by molar-refractivity contribution is -0.247. The summed E-state index contributed by atoms with van der Waals surface area (Å²) in [5.74, 6) is -0.145. The summed E-state index contributed by atoms with van der Waals surface area (Å²) in [7, 11) is 0. The first kappa shape index (κ1) is 42.1. The van der Waals surface area contributed by atoms with Gasteiger partial charge in [0.25, 0.3) is 0 Å². The first-order valence-electron chi connectivity index (χ1n) is 17.2. The molecule has 4 aromatic carbocycles. The summed E-state index contributed by atoms with van der Waals surface area (Å²) in [6, 6.07) is 16.7. The number of esters is 1. The zero-order chi connectivity index (χ0) is 40.6. The van der Waals surface area contributed by atoms with Crippen molar-refractivity contribution in [2.75, 3.05) is 19.8 Å². The van der Waals surface area contributed by atoms with Gasteiger partial charge in [0.2, 0.25) is 11.2 Å². The van der Waals surface area contributed by atoms with Crippen molar-refractivity contribution < 1.29 is 60.7 Å². The van der Waals surface area contributed by atoms with Crippen molar-refractivity contribution in [3.05, 3.63) is 105 Å². The van der Waals surface area contributed by atoms with Gasteiger partial charge in [-0.3, -0.25) is 4.79 Å². The third-order valence-corrected chi connectivity index (χ3v) is 9.80. The van der Waals surface area contributed by atoms with E-state index < -0.39 is 29.2 Å². The highest BCUT2D eigenvalue weighted by atomic mass is 35.5. The highest BCUT2D eigenvalue weighted by molar-refractivity contribution is 6.34. The van der Waals surface area contributed by atoms with Crippen LogP contribution in [-0.4, -0.2) is 59.1 Å². The molecule has 0 fully saturated rings. The SMILES string of the molecule is CC(C)(O)CCCOc1cc(Cl)c2c(c1)[C@@](O)(C(F)(F)F)c1ccccc1-2.CCOC(=O)CCCOc1cc(Cl)c2c(c1)[C@@](O)(C(F)(F)F)c1ccccc1-2. The Morgan fingerprint density at radius 2 is 1.11 bits per heavy atom. The minimum absolute atomic E-state index is 0.0468. The maximum atomic E-state index is 13.8. The first-order chi connectivity index (χ1) is 25.6. The van der Waals surface area contributed by atoms with Crippen molar-refractivity contribution in [2.45, 2.75) is 75.6 Å². The highest BCUT2D eigenvalue weighted by Crippen LogP contribution is 2.59. The van der Waals surface area contributed by atoms with Gasteiger partial charge in [-0.2, -0.15) is 26.3 Å². The quantitative estimate of drug-likeness (QED) is 0.0787. The van der Waals surface area contributed by atoms with E-state index in [1.165, 1.54) is 54.6 Å². The number of halogens is 8. The number of carbonyl (C=O) groups is 1. The van der Waals surface area contributed by atoms with E-state index in [2.05, 4.69) is 0 Å². The molecule has 6 rings (SSSR count). The predicted molar refractivity (Wildman–Crippen MR) is 194 cm³/mol. The fourth-order valence-corrected chi connectivity index (χ4v) is 7.34. The summed E-state index contributed by atoms with van der Waals surface area (Å²) in [6.07, 6.45) is -8.41. The number of benzene rings is 4. The second-order valence-electron chi connectivity index (χ2n) is 13.7. The van der Waals surface area contributed by atoms with Crippen LogP contribution in [0, 0.1) is 0 Å². The van der Waals surface area contributed by atoms with Crippen LogP contribution in [-0.2, 0) is 20.7 Å². The Morgan fingerprint density at radius 3 is 1.51 bits per heavy atom. The van der Waals surface area contributed by atoms with Crippen LogP contribution in [0.4, 0.5) is 26.3 Å². The van der Waals surface area contributed by atoms with E-state index in [4.69, 9.17) is 37.4 Å². The van der Waals surface area contributed by atoms with Gasteiger partial charge in [0.1, 0.15) is 11.5 Å². The van der Waals surface area contributed by atoms with Crippen LogP contribution in [0.1, 0.15) is 68.7 Å². The largest absolute Gasteiger partial charge is 0.494 e. The topological polar surface area (TPSA) is 105 Å². The van der Waals surface area contributed by atoms with E-state index >= 15 is 0 Å². The van der Waals surface area contributed by atoms with Crippen LogP contribution in [0.5, 0.6) is 11.5 Å². The van der Waals surface area contributed by atoms with E-state index in [0.29, 0.717) is 19.3 Å². The summed E-state index contributed by atoms with van der Waals surface area (Å²) in [6.45, 7) is 5.60. The molecule has 0 amide bonds. The molecule has 296 valence electrons. The molecule has 55 heavy (non-hydrogen) atoms. The van der Waals surface area contributed by atoms with Crippen LogP contribution in [0.15, 0.2) is 72.8 Å². The minimum atomic E-state index is -4.94. The van der Waals surface area contributed by atoms with Crippen molar-refractivity contribution in [3.63, 3.8) is 0 Å². The standard InChI is InChI=1S/C20H18ClF3O4.C20H20ClF3O3/c1-2-27-17(25)8-5-9-28-12-10-15-18(16(21)11-12)13-6-3-4-7-14(13)19(15,26)20(22,23)24;1-18(2,25)8-5-9-27-12-10-15-17(16(21)11-12)13-6-3-4-7-14(13)19(15,26)20(22,23)24/h3-4,6-7,10-11,26H,2,5,8-9H2,1H3;3-4,6-7,10-11,25-26H,5,8-9H2,1-2H3/t2*19-/m11/s1. The molecule has 4 aromatic rings. The number of aliphatic hydroxyl groups is 3. The molecule has 2 atom stereocenters. The summed E-state index contributed by atoms with van der Waals surface area (Å²) in [4.78, 5) is 11.3. The molecule has 3 N–H and O–H groups in total. The van der Waals surface area contributed by atoms with Gasteiger partial charge in [-0.1, -0.05) is 71.7 Å². The normalized spacial score (nSPS) is 18.4. The van der Waals surface area contributed by atoms with E-state index in [9.17, 15) is 46.5 Å². The van der Waals surface area contributed by atoms with E-state index in [0.717, 1.165) is 6.07 Å². The van der Waals surface area contributed by atoms with Crippen molar-refractivity contribution >= 4 is 29.2 Å². The predicted octanol–water partition coefficient (Wildman–Crippen LogP) is 9.89. The number of fused-ring (bicyclic) bond motifs is 6. The third-order valence-electron chi connectivity index (χ3n) is 9.20. The van der Waals surface area contributed by atoms with Gasteiger partial charge in [-0.25, -0.2) is 0 Å². The van der Waals surface area contributed by atoms with Crippen LogP contribution in [0.3, 0.4) is 0 Å². The zero-order valence-electron chi connectivity index (χ0n) is 29.9. The molecule has 2 aliphatic carbocycles. The van der Waals surface area contributed by atoms with Crippen LogP contribution in [0.2, 0.25) is 10.0 Å². The maximum Gasteiger partial charge on any atom is 0.425 e. The van der Waals surface area contributed by atoms with Gasteiger partial charge in [0, 0.05) is 39.8 Å². The lowest BCUT2D eigenvalue weighted by Crippen LogP contribution is -2.41. The number of ether oxygens (including phenoxy) is 3. The van der Waals surface area contributed by atoms with Gasteiger partial charge in [0.15, 0.2) is 0 Å². The first-order valence-corrected chi connectivity index (χ1v) is 18.0. The lowest BCUT2D eigenvalue weighted by Gasteiger charge is -2.28. The Labute approximate surface area is 323 Å². The van der Waals surface area contributed by atoms with Gasteiger partial charge < -0.3 is 29.5 Å².